The van der Waals surface area contributed by atoms with Crippen LogP contribution in [0.1, 0.15) is 52.9 Å². The Balaban J connectivity index is 2.49. The van der Waals surface area contributed by atoms with Crippen LogP contribution in [0.5, 0.6) is 0 Å². The molecule has 1 N–H and O–H groups in total. The number of unbranched alkanes of at least 4 members (excludes halogenated alkanes) is 2. The Morgan fingerprint density at radius 3 is 2.58 bits per heavy atom. The number of carbonyl (C=O) groups is 1. The Labute approximate surface area is 117 Å². The van der Waals surface area contributed by atoms with Gasteiger partial charge in [0, 0.05) is 12.6 Å². The molecule has 1 aliphatic carbocycles. The molecule has 0 aromatic carbocycles. The zero-order chi connectivity index (χ0) is 14.3. The van der Waals surface area contributed by atoms with Crippen molar-refractivity contribution >= 4 is 5.97 Å². The Morgan fingerprint density at radius 1 is 1.37 bits per heavy atom. The van der Waals surface area contributed by atoms with Crippen LogP contribution >= 0.6 is 0 Å². The standard InChI is InChI=1S/C15H30N2O2/c1-5-7-8-11-17(4)12-15(3,14(18)19-6-2)16-13-9-10-13/h13,16H,5-12H2,1-4H3. The van der Waals surface area contributed by atoms with E-state index in [1.807, 2.05) is 13.8 Å². The Kier molecular flexibility index (Phi) is 6.80. The third kappa shape index (κ3) is 5.91. The lowest BCUT2D eigenvalue weighted by molar-refractivity contribution is -0.151. The number of nitrogens with zero attached hydrogens (tertiary/aromatic N) is 1. The first-order valence-corrected chi connectivity index (χ1v) is 7.65. The van der Waals surface area contributed by atoms with E-state index in [4.69, 9.17) is 4.74 Å². The van der Waals surface area contributed by atoms with E-state index in [1.54, 1.807) is 0 Å². The van der Waals surface area contributed by atoms with Crippen LogP contribution in [0.2, 0.25) is 0 Å². The van der Waals surface area contributed by atoms with Gasteiger partial charge in [0.1, 0.15) is 5.54 Å². The predicted octanol–water partition coefficient (Wildman–Crippen LogP) is 2.18. The van der Waals surface area contributed by atoms with Crippen LogP contribution in [-0.4, -0.2) is 49.2 Å². The molecule has 1 rings (SSSR count). The summed E-state index contributed by atoms with van der Waals surface area (Å²) >= 11 is 0. The third-order valence-corrected chi connectivity index (χ3v) is 3.56. The van der Waals surface area contributed by atoms with Crippen molar-refractivity contribution < 1.29 is 9.53 Å². The van der Waals surface area contributed by atoms with Gasteiger partial charge in [-0.05, 0) is 46.7 Å². The second-order valence-electron chi connectivity index (χ2n) is 5.92. The summed E-state index contributed by atoms with van der Waals surface area (Å²) in [7, 11) is 2.09. The highest BCUT2D eigenvalue weighted by atomic mass is 16.5. The molecule has 1 aliphatic rings. The molecule has 0 radical (unpaired) electrons. The maximum absolute atomic E-state index is 12.2. The number of ether oxygens (including phenoxy) is 1. The zero-order valence-corrected chi connectivity index (χ0v) is 13.0. The number of esters is 1. The molecular formula is C15H30N2O2. The number of hydrogen-bond acceptors (Lipinski definition) is 4. The highest BCUT2D eigenvalue weighted by molar-refractivity contribution is 5.80. The van der Waals surface area contributed by atoms with Gasteiger partial charge in [-0.2, -0.15) is 0 Å². The van der Waals surface area contributed by atoms with Gasteiger partial charge in [0.2, 0.25) is 0 Å². The van der Waals surface area contributed by atoms with E-state index in [1.165, 1.54) is 32.1 Å². The molecule has 4 heteroatoms. The molecule has 0 bridgehead atoms. The summed E-state index contributed by atoms with van der Waals surface area (Å²) in [4.78, 5) is 14.4. The van der Waals surface area contributed by atoms with Gasteiger partial charge in [0.15, 0.2) is 0 Å². The minimum Gasteiger partial charge on any atom is -0.465 e. The predicted molar refractivity (Wildman–Crippen MR) is 78.2 cm³/mol. The van der Waals surface area contributed by atoms with Gasteiger partial charge in [-0.25, -0.2) is 0 Å². The summed E-state index contributed by atoms with van der Waals surface area (Å²) in [5.74, 6) is -0.121. The van der Waals surface area contributed by atoms with E-state index in [0.717, 1.165) is 6.54 Å². The van der Waals surface area contributed by atoms with Gasteiger partial charge < -0.3 is 9.64 Å². The maximum atomic E-state index is 12.2. The molecule has 0 amide bonds. The van der Waals surface area contributed by atoms with Crippen LogP contribution in [0.15, 0.2) is 0 Å². The summed E-state index contributed by atoms with van der Waals surface area (Å²) in [5, 5.41) is 3.46. The maximum Gasteiger partial charge on any atom is 0.327 e. The van der Waals surface area contributed by atoms with Crippen LogP contribution in [0.4, 0.5) is 0 Å². The van der Waals surface area contributed by atoms with Crippen molar-refractivity contribution in [1.82, 2.24) is 10.2 Å². The van der Waals surface area contributed by atoms with Gasteiger partial charge in [0.25, 0.3) is 0 Å². The van der Waals surface area contributed by atoms with Crippen molar-refractivity contribution in [3.05, 3.63) is 0 Å². The van der Waals surface area contributed by atoms with Crippen molar-refractivity contribution in [2.45, 2.75) is 64.5 Å². The number of likely N-dealkylation sites (N-methyl/N-ethyl adjacent to an activating group) is 1. The quantitative estimate of drug-likeness (QED) is 0.488. The lowest BCUT2D eigenvalue weighted by Gasteiger charge is -2.33. The van der Waals surface area contributed by atoms with Crippen molar-refractivity contribution in [2.24, 2.45) is 0 Å². The van der Waals surface area contributed by atoms with Crippen LogP contribution in [0.3, 0.4) is 0 Å². The van der Waals surface area contributed by atoms with E-state index in [-0.39, 0.29) is 5.97 Å². The normalized spacial score (nSPS) is 18.4. The number of carbonyl (C=O) groups excluding carboxylic acids is 1. The molecule has 0 saturated heterocycles. The van der Waals surface area contributed by atoms with Crippen LogP contribution in [0.25, 0.3) is 0 Å². The van der Waals surface area contributed by atoms with Crippen LogP contribution in [-0.2, 0) is 9.53 Å². The summed E-state index contributed by atoms with van der Waals surface area (Å²) in [6.07, 6.45) is 6.01. The van der Waals surface area contributed by atoms with Crippen molar-refractivity contribution in [3.63, 3.8) is 0 Å². The topological polar surface area (TPSA) is 41.6 Å². The lowest BCUT2D eigenvalue weighted by atomic mass is 10.0. The molecule has 0 aromatic rings. The Bertz CT molecular complexity index is 279. The monoisotopic (exact) mass is 270 g/mol. The van der Waals surface area contributed by atoms with Crippen molar-refractivity contribution in [2.75, 3.05) is 26.7 Å². The smallest absolute Gasteiger partial charge is 0.327 e. The molecule has 1 atom stereocenters. The van der Waals surface area contributed by atoms with E-state index in [0.29, 0.717) is 19.2 Å². The minimum absolute atomic E-state index is 0.121. The van der Waals surface area contributed by atoms with Crippen LogP contribution in [0, 0.1) is 0 Å². The average molecular weight is 270 g/mol. The van der Waals surface area contributed by atoms with E-state index < -0.39 is 5.54 Å². The summed E-state index contributed by atoms with van der Waals surface area (Å²) in [6.45, 7) is 8.24. The highest BCUT2D eigenvalue weighted by Crippen LogP contribution is 2.23. The molecule has 0 spiro atoms. The first-order valence-electron chi connectivity index (χ1n) is 7.65. The first-order chi connectivity index (χ1) is 9.01. The number of nitrogens with one attached hydrogen (secondary N) is 1. The SMILES string of the molecule is CCCCCN(C)CC(C)(NC1CC1)C(=O)OCC. The minimum atomic E-state index is -0.571. The Morgan fingerprint density at radius 2 is 2.05 bits per heavy atom. The average Bonchev–Trinajstić information content (AvgIpc) is 3.13. The molecule has 1 unspecified atom stereocenters. The summed E-state index contributed by atoms with van der Waals surface area (Å²) < 4.78 is 5.23. The van der Waals surface area contributed by atoms with E-state index in [9.17, 15) is 4.79 Å². The molecule has 112 valence electrons. The number of hydrogen-bond donors (Lipinski definition) is 1. The molecule has 1 saturated carbocycles. The van der Waals surface area contributed by atoms with Crippen molar-refractivity contribution in [3.8, 4) is 0 Å². The summed E-state index contributed by atoms with van der Waals surface area (Å²) in [5.41, 5.74) is -0.571. The van der Waals surface area contributed by atoms with Gasteiger partial charge in [-0.15, -0.1) is 0 Å². The van der Waals surface area contributed by atoms with Gasteiger partial charge in [-0.3, -0.25) is 10.1 Å². The molecule has 4 nitrogen and oxygen atoms in total. The molecule has 0 aromatic heterocycles. The van der Waals surface area contributed by atoms with Gasteiger partial charge in [0.05, 0.1) is 6.61 Å². The first kappa shape index (κ1) is 16.4. The van der Waals surface area contributed by atoms with Crippen LogP contribution < -0.4 is 5.32 Å². The largest absolute Gasteiger partial charge is 0.465 e. The fourth-order valence-electron chi connectivity index (χ4n) is 2.39. The zero-order valence-electron chi connectivity index (χ0n) is 13.0. The van der Waals surface area contributed by atoms with Gasteiger partial charge >= 0.3 is 5.97 Å². The number of rotatable bonds is 10. The Hall–Kier alpha value is -0.610. The van der Waals surface area contributed by atoms with Gasteiger partial charge in [-0.1, -0.05) is 19.8 Å². The van der Waals surface area contributed by atoms with E-state index in [2.05, 4.69) is 24.2 Å². The molecule has 19 heavy (non-hydrogen) atoms. The fourth-order valence-corrected chi connectivity index (χ4v) is 2.39. The molecule has 0 heterocycles. The highest BCUT2D eigenvalue weighted by Gasteiger charge is 2.40. The molecular weight excluding hydrogens is 240 g/mol. The third-order valence-electron chi connectivity index (χ3n) is 3.56. The molecule has 0 aliphatic heterocycles. The second kappa shape index (κ2) is 7.85. The summed E-state index contributed by atoms with van der Waals surface area (Å²) in [6, 6.07) is 0.499. The fraction of sp³-hybridized carbons (Fsp3) is 0.933. The van der Waals surface area contributed by atoms with Crippen molar-refractivity contribution in [1.29, 1.82) is 0 Å². The van der Waals surface area contributed by atoms with E-state index >= 15 is 0 Å². The lowest BCUT2D eigenvalue weighted by Crippen LogP contribution is -2.57. The second-order valence-corrected chi connectivity index (χ2v) is 5.92. The molecule has 1 fully saturated rings.